The van der Waals surface area contributed by atoms with Crippen LogP contribution in [0.25, 0.3) is 0 Å². The molecule has 2 N–H and O–H groups in total. The van der Waals surface area contributed by atoms with Crippen molar-refractivity contribution in [3.05, 3.63) is 69.8 Å². The minimum atomic E-state index is -0.599. The van der Waals surface area contributed by atoms with Crippen molar-refractivity contribution >= 4 is 29.3 Å². The van der Waals surface area contributed by atoms with Gasteiger partial charge < -0.3 is 4.74 Å². The van der Waals surface area contributed by atoms with Crippen molar-refractivity contribution in [2.45, 2.75) is 11.7 Å². The standard InChI is InChI=1S/C18H17N7O5S/c1-30-15-8-2-12(3-9-15)10-24-18(21-22-23-24)31-11-16(26)19-20-17(27)13-4-6-14(7-5-13)25(28)29/h2-9H,10-11H2,1H3,(H,19,26)(H,20,27). The number of tetrazole rings is 1. The normalized spacial score (nSPS) is 10.4. The summed E-state index contributed by atoms with van der Waals surface area (Å²) in [5, 5.41) is 22.5. The molecule has 2 amide bonds. The summed E-state index contributed by atoms with van der Waals surface area (Å²) in [5.41, 5.74) is 5.52. The summed E-state index contributed by atoms with van der Waals surface area (Å²) in [4.78, 5) is 34.1. The van der Waals surface area contributed by atoms with Gasteiger partial charge in [0.25, 0.3) is 11.6 Å². The molecule has 160 valence electrons. The van der Waals surface area contributed by atoms with E-state index >= 15 is 0 Å². The average molecular weight is 443 g/mol. The van der Waals surface area contributed by atoms with Crippen molar-refractivity contribution in [2.75, 3.05) is 12.9 Å². The largest absolute Gasteiger partial charge is 0.497 e. The maximum Gasteiger partial charge on any atom is 0.269 e. The Hall–Kier alpha value is -4.00. The van der Waals surface area contributed by atoms with E-state index in [-0.39, 0.29) is 17.0 Å². The number of hydrazine groups is 1. The zero-order valence-electron chi connectivity index (χ0n) is 16.2. The van der Waals surface area contributed by atoms with Crippen molar-refractivity contribution in [1.82, 2.24) is 31.1 Å². The summed E-state index contributed by atoms with van der Waals surface area (Å²) in [6, 6.07) is 12.4. The molecule has 0 radical (unpaired) electrons. The predicted octanol–water partition coefficient (Wildman–Crippen LogP) is 1.19. The van der Waals surface area contributed by atoms with Crippen LogP contribution < -0.4 is 15.6 Å². The zero-order chi connectivity index (χ0) is 22.2. The smallest absolute Gasteiger partial charge is 0.269 e. The second-order valence-electron chi connectivity index (χ2n) is 6.06. The number of carbonyl (C=O) groups excluding carboxylic acids is 2. The summed E-state index contributed by atoms with van der Waals surface area (Å²) in [6.07, 6.45) is 0. The molecule has 31 heavy (non-hydrogen) atoms. The number of carbonyl (C=O) groups is 2. The van der Waals surface area contributed by atoms with Gasteiger partial charge in [-0.25, -0.2) is 4.68 Å². The lowest BCUT2D eigenvalue weighted by Crippen LogP contribution is -2.42. The Morgan fingerprint density at radius 3 is 2.48 bits per heavy atom. The van der Waals surface area contributed by atoms with Crippen LogP contribution in [0.5, 0.6) is 5.75 Å². The van der Waals surface area contributed by atoms with Crippen LogP contribution in [-0.2, 0) is 11.3 Å². The highest BCUT2D eigenvalue weighted by molar-refractivity contribution is 7.99. The summed E-state index contributed by atoms with van der Waals surface area (Å²) in [5.74, 6) is -0.372. The Kier molecular flexibility index (Phi) is 7.11. The number of hydrogen-bond acceptors (Lipinski definition) is 9. The second kappa shape index (κ2) is 10.2. The lowest BCUT2D eigenvalue weighted by Gasteiger charge is -2.08. The number of amides is 2. The van der Waals surface area contributed by atoms with E-state index < -0.39 is 16.7 Å². The van der Waals surface area contributed by atoms with Gasteiger partial charge in [-0.05, 0) is 40.3 Å². The van der Waals surface area contributed by atoms with Crippen LogP contribution in [0.15, 0.2) is 53.7 Å². The van der Waals surface area contributed by atoms with Gasteiger partial charge in [0, 0.05) is 17.7 Å². The van der Waals surface area contributed by atoms with Crippen LogP contribution in [0.4, 0.5) is 5.69 Å². The van der Waals surface area contributed by atoms with Gasteiger partial charge in [0.1, 0.15) is 5.75 Å². The Labute approximate surface area is 180 Å². The maximum absolute atomic E-state index is 12.0. The van der Waals surface area contributed by atoms with Gasteiger partial charge in [0.05, 0.1) is 24.3 Å². The predicted molar refractivity (Wildman–Crippen MR) is 109 cm³/mol. The molecule has 2 aromatic carbocycles. The number of hydrogen-bond donors (Lipinski definition) is 2. The van der Waals surface area contributed by atoms with E-state index in [2.05, 4.69) is 26.4 Å². The Morgan fingerprint density at radius 1 is 1.13 bits per heavy atom. The molecule has 0 saturated heterocycles. The molecule has 1 aromatic heterocycles. The first kappa shape index (κ1) is 21.7. The minimum Gasteiger partial charge on any atom is -0.497 e. The molecule has 0 aliphatic carbocycles. The summed E-state index contributed by atoms with van der Waals surface area (Å²) in [7, 11) is 1.59. The van der Waals surface area contributed by atoms with Crippen molar-refractivity contribution in [3.63, 3.8) is 0 Å². The summed E-state index contributed by atoms with van der Waals surface area (Å²) < 4.78 is 6.67. The molecule has 0 bridgehead atoms. The number of nitro benzene ring substituents is 1. The Balaban J connectivity index is 1.48. The second-order valence-corrected chi connectivity index (χ2v) is 7.00. The minimum absolute atomic E-state index is 0.0382. The lowest BCUT2D eigenvalue weighted by atomic mass is 10.2. The molecule has 3 aromatic rings. The van der Waals surface area contributed by atoms with E-state index in [1.54, 1.807) is 11.8 Å². The van der Waals surface area contributed by atoms with Gasteiger partial charge in [-0.1, -0.05) is 23.9 Å². The van der Waals surface area contributed by atoms with Crippen molar-refractivity contribution in [2.24, 2.45) is 0 Å². The number of nitrogens with one attached hydrogen (secondary N) is 2. The van der Waals surface area contributed by atoms with Gasteiger partial charge in [-0.3, -0.25) is 30.6 Å². The number of thioether (sulfide) groups is 1. The van der Waals surface area contributed by atoms with E-state index in [1.165, 1.54) is 24.3 Å². The molecule has 0 spiro atoms. The molecule has 0 fully saturated rings. The molecule has 0 unspecified atom stereocenters. The molecule has 13 heteroatoms. The molecule has 0 aliphatic heterocycles. The van der Waals surface area contributed by atoms with Gasteiger partial charge in [-0.2, -0.15) is 0 Å². The number of aromatic nitrogens is 4. The number of rotatable bonds is 8. The monoisotopic (exact) mass is 443 g/mol. The first-order valence-electron chi connectivity index (χ1n) is 8.82. The first-order valence-corrected chi connectivity index (χ1v) is 9.80. The van der Waals surface area contributed by atoms with Crippen molar-refractivity contribution in [3.8, 4) is 5.75 Å². The van der Waals surface area contributed by atoms with Crippen LogP contribution >= 0.6 is 11.8 Å². The van der Waals surface area contributed by atoms with Crippen molar-refractivity contribution in [1.29, 1.82) is 0 Å². The van der Waals surface area contributed by atoms with Crippen molar-refractivity contribution < 1.29 is 19.2 Å². The number of benzene rings is 2. The molecule has 3 rings (SSSR count). The highest BCUT2D eigenvalue weighted by atomic mass is 32.2. The number of methoxy groups -OCH3 is 1. The summed E-state index contributed by atoms with van der Waals surface area (Å²) in [6.45, 7) is 0.415. The average Bonchev–Trinajstić information content (AvgIpc) is 3.23. The third-order valence-corrected chi connectivity index (χ3v) is 4.94. The Morgan fingerprint density at radius 2 is 1.84 bits per heavy atom. The van der Waals surface area contributed by atoms with E-state index in [1.807, 2.05) is 24.3 Å². The van der Waals surface area contributed by atoms with Gasteiger partial charge in [-0.15, -0.1) is 5.10 Å². The zero-order valence-corrected chi connectivity index (χ0v) is 17.0. The lowest BCUT2D eigenvalue weighted by molar-refractivity contribution is -0.384. The highest BCUT2D eigenvalue weighted by Crippen LogP contribution is 2.17. The SMILES string of the molecule is COc1ccc(Cn2nnnc2SCC(=O)NNC(=O)c2ccc([N+](=O)[O-])cc2)cc1. The van der Waals surface area contributed by atoms with Gasteiger partial charge in [0.2, 0.25) is 11.1 Å². The van der Waals surface area contributed by atoms with Crippen LogP contribution in [0.1, 0.15) is 15.9 Å². The third-order valence-electron chi connectivity index (χ3n) is 3.98. The number of nitrogens with zero attached hydrogens (tertiary/aromatic N) is 5. The third kappa shape index (κ3) is 5.99. The Bertz CT molecular complexity index is 1070. The molecule has 0 aliphatic rings. The highest BCUT2D eigenvalue weighted by Gasteiger charge is 2.13. The van der Waals surface area contributed by atoms with Gasteiger partial charge >= 0.3 is 0 Å². The molecule has 0 atom stereocenters. The van der Waals surface area contributed by atoms with Crippen LogP contribution in [0, 0.1) is 10.1 Å². The number of ether oxygens (including phenoxy) is 1. The van der Waals surface area contributed by atoms with Crippen LogP contribution in [0.2, 0.25) is 0 Å². The fourth-order valence-electron chi connectivity index (χ4n) is 2.40. The quantitative estimate of drug-likeness (QED) is 0.297. The fourth-order valence-corrected chi connectivity index (χ4v) is 3.08. The van der Waals surface area contributed by atoms with Crippen LogP contribution in [-0.4, -0.2) is 49.8 Å². The molecule has 0 saturated carbocycles. The topological polar surface area (TPSA) is 154 Å². The summed E-state index contributed by atoms with van der Waals surface area (Å²) >= 11 is 1.11. The maximum atomic E-state index is 12.0. The fraction of sp³-hybridized carbons (Fsp3) is 0.167. The molecule has 12 nitrogen and oxygen atoms in total. The number of nitro groups is 1. The van der Waals surface area contributed by atoms with E-state index in [4.69, 9.17) is 4.74 Å². The first-order chi connectivity index (χ1) is 15.0. The van der Waals surface area contributed by atoms with Gasteiger partial charge in [0.15, 0.2) is 0 Å². The van der Waals surface area contributed by atoms with E-state index in [0.29, 0.717) is 11.7 Å². The van der Waals surface area contributed by atoms with E-state index in [9.17, 15) is 19.7 Å². The molecule has 1 heterocycles. The molecular weight excluding hydrogens is 426 g/mol. The number of non-ortho nitro benzene ring substituents is 1. The molecular formula is C18H17N7O5S. The van der Waals surface area contributed by atoms with Crippen LogP contribution in [0.3, 0.4) is 0 Å². The van der Waals surface area contributed by atoms with E-state index in [0.717, 1.165) is 23.1 Å².